The molecule has 0 saturated heterocycles. The molecule has 0 heterocycles. The zero-order chi connectivity index (χ0) is 12.1. The Balaban J connectivity index is 2.23. The second kappa shape index (κ2) is 5.65. The summed E-state index contributed by atoms with van der Waals surface area (Å²) < 4.78 is 0. The summed E-state index contributed by atoms with van der Waals surface area (Å²) in [6.07, 6.45) is 0.646. The molecule has 86 valence electrons. The molecule has 0 fully saturated rings. The van der Waals surface area contributed by atoms with Crippen LogP contribution in [0.4, 0.5) is 0 Å². The third-order valence-electron chi connectivity index (χ3n) is 2.76. The van der Waals surface area contributed by atoms with Crippen LogP contribution in [0.3, 0.4) is 0 Å². The SMILES string of the molecule is O=C(Cl)[C@H](Cc1ccccc1)c1ccccc1. The molecule has 0 spiro atoms. The van der Waals surface area contributed by atoms with Crippen LogP contribution >= 0.6 is 11.6 Å². The minimum atomic E-state index is -0.306. The largest absolute Gasteiger partial charge is 0.281 e. The van der Waals surface area contributed by atoms with Crippen LogP contribution in [0.15, 0.2) is 60.7 Å². The molecule has 0 aromatic heterocycles. The molecule has 0 radical (unpaired) electrons. The summed E-state index contributed by atoms with van der Waals surface area (Å²) in [6.45, 7) is 0. The van der Waals surface area contributed by atoms with E-state index < -0.39 is 0 Å². The Hall–Kier alpha value is -1.60. The van der Waals surface area contributed by atoms with Crippen molar-refractivity contribution >= 4 is 16.8 Å². The lowest BCUT2D eigenvalue weighted by molar-refractivity contribution is -0.113. The molecular weight excluding hydrogens is 232 g/mol. The molecule has 0 aliphatic heterocycles. The maximum absolute atomic E-state index is 11.5. The van der Waals surface area contributed by atoms with Gasteiger partial charge in [0, 0.05) is 0 Å². The van der Waals surface area contributed by atoms with Gasteiger partial charge in [-0.3, -0.25) is 4.79 Å². The van der Waals surface area contributed by atoms with E-state index in [0.29, 0.717) is 6.42 Å². The topological polar surface area (TPSA) is 17.1 Å². The molecule has 2 heteroatoms. The van der Waals surface area contributed by atoms with Crippen LogP contribution in [0.2, 0.25) is 0 Å². The molecule has 0 aliphatic carbocycles. The highest BCUT2D eigenvalue weighted by atomic mass is 35.5. The van der Waals surface area contributed by atoms with Gasteiger partial charge in [0.2, 0.25) is 5.24 Å². The van der Waals surface area contributed by atoms with Gasteiger partial charge in [-0.05, 0) is 29.1 Å². The molecule has 0 bridgehead atoms. The Morgan fingerprint density at radius 3 is 2.00 bits per heavy atom. The zero-order valence-corrected chi connectivity index (χ0v) is 10.1. The Bertz CT molecular complexity index is 479. The predicted molar refractivity (Wildman–Crippen MR) is 70.2 cm³/mol. The lowest BCUT2D eigenvalue weighted by Gasteiger charge is -2.12. The van der Waals surface area contributed by atoms with E-state index in [4.69, 9.17) is 11.6 Å². The highest BCUT2D eigenvalue weighted by molar-refractivity contribution is 6.64. The highest BCUT2D eigenvalue weighted by Crippen LogP contribution is 2.23. The lowest BCUT2D eigenvalue weighted by atomic mass is 9.93. The van der Waals surface area contributed by atoms with Gasteiger partial charge in [-0.25, -0.2) is 0 Å². The summed E-state index contributed by atoms with van der Waals surface area (Å²) >= 11 is 5.69. The van der Waals surface area contributed by atoms with Gasteiger partial charge in [-0.1, -0.05) is 60.7 Å². The van der Waals surface area contributed by atoms with Crippen molar-refractivity contribution in [3.63, 3.8) is 0 Å². The van der Waals surface area contributed by atoms with Crippen LogP contribution in [0.5, 0.6) is 0 Å². The lowest BCUT2D eigenvalue weighted by Crippen LogP contribution is -2.10. The quantitative estimate of drug-likeness (QED) is 0.748. The Kier molecular flexibility index (Phi) is 3.94. The summed E-state index contributed by atoms with van der Waals surface area (Å²) in [5.41, 5.74) is 2.09. The van der Waals surface area contributed by atoms with Gasteiger partial charge in [0.15, 0.2) is 0 Å². The number of rotatable bonds is 4. The van der Waals surface area contributed by atoms with E-state index >= 15 is 0 Å². The number of carbonyl (C=O) groups excluding carboxylic acids is 1. The van der Waals surface area contributed by atoms with E-state index in [-0.39, 0.29) is 11.2 Å². The molecule has 0 N–H and O–H groups in total. The molecule has 1 atom stereocenters. The number of hydrogen-bond donors (Lipinski definition) is 0. The van der Waals surface area contributed by atoms with Gasteiger partial charge in [-0.15, -0.1) is 0 Å². The first kappa shape index (κ1) is 11.9. The molecule has 0 amide bonds. The minimum Gasteiger partial charge on any atom is -0.281 e. The first-order valence-corrected chi connectivity index (χ1v) is 5.93. The predicted octanol–water partition coefficient (Wildman–Crippen LogP) is 3.78. The summed E-state index contributed by atoms with van der Waals surface area (Å²) in [5, 5.41) is -0.306. The van der Waals surface area contributed by atoms with Gasteiger partial charge in [0.25, 0.3) is 0 Å². The van der Waals surface area contributed by atoms with Gasteiger partial charge in [-0.2, -0.15) is 0 Å². The average Bonchev–Trinajstić information content (AvgIpc) is 2.38. The smallest absolute Gasteiger partial charge is 0.229 e. The Morgan fingerprint density at radius 2 is 1.47 bits per heavy atom. The molecular formula is C15H13ClO. The summed E-state index contributed by atoms with van der Waals surface area (Å²) in [4.78, 5) is 11.5. The Morgan fingerprint density at radius 1 is 0.941 bits per heavy atom. The fourth-order valence-electron chi connectivity index (χ4n) is 1.86. The van der Waals surface area contributed by atoms with Gasteiger partial charge >= 0.3 is 0 Å². The van der Waals surface area contributed by atoms with Crippen molar-refractivity contribution < 1.29 is 4.79 Å². The fourth-order valence-corrected chi connectivity index (χ4v) is 2.07. The number of benzene rings is 2. The summed E-state index contributed by atoms with van der Waals surface area (Å²) in [6, 6.07) is 19.6. The van der Waals surface area contributed by atoms with E-state index in [0.717, 1.165) is 11.1 Å². The highest BCUT2D eigenvalue weighted by Gasteiger charge is 2.18. The molecule has 17 heavy (non-hydrogen) atoms. The second-order valence-corrected chi connectivity index (χ2v) is 4.33. The van der Waals surface area contributed by atoms with Gasteiger partial charge in [0.05, 0.1) is 5.92 Å². The summed E-state index contributed by atoms with van der Waals surface area (Å²) in [7, 11) is 0. The maximum atomic E-state index is 11.5. The van der Waals surface area contributed by atoms with E-state index in [1.54, 1.807) is 0 Å². The second-order valence-electron chi connectivity index (χ2n) is 3.96. The molecule has 0 saturated carbocycles. The fraction of sp³-hybridized carbons (Fsp3) is 0.133. The molecule has 0 unspecified atom stereocenters. The standard InChI is InChI=1S/C15H13ClO/c16-15(17)14(13-9-5-2-6-10-13)11-12-7-3-1-4-8-12/h1-10,14H,11H2/t14-/m1/s1. The van der Waals surface area contributed by atoms with E-state index in [9.17, 15) is 4.79 Å². The van der Waals surface area contributed by atoms with Crippen molar-refractivity contribution in [3.05, 3.63) is 71.8 Å². The van der Waals surface area contributed by atoms with Crippen LogP contribution in [-0.2, 0) is 11.2 Å². The van der Waals surface area contributed by atoms with Crippen molar-refractivity contribution in [3.8, 4) is 0 Å². The van der Waals surface area contributed by atoms with Crippen LogP contribution in [0.1, 0.15) is 17.0 Å². The summed E-state index contributed by atoms with van der Waals surface area (Å²) in [5.74, 6) is -0.264. The van der Waals surface area contributed by atoms with E-state index in [2.05, 4.69) is 0 Å². The molecule has 2 aromatic carbocycles. The number of hydrogen-bond acceptors (Lipinski definition) is 1. The van der Waals surface area contributed by atoms with Gasteiger partial charge in [0.1, 0.15) is 0 Å². The minimum absolute atomic E-state index is 0.264. The third-order valence-corrected chi connectivity index (χ3v) is 3.02. The van der Waals surface area contributed by atoms with Crippen LogP contribution < -0.4 is 0 Å². The van der Waals surface area contributed by atoms with Gasteiger partial charge < -0.3 is 0 Å². The number of carbonyl (C=O) groups is 1. The third kappa shape index (κ3) is 3.18. The normalized spacial score (nSPS) is 12.1. The van der Waals surface area contributed by atoms with Crippen molar-refractivity contribution in [1.82, 2.24) is 0 Å². The van der Waals surface area contributed by atoms with E-state index in [1.165, 1.54) is 0 Å². The number of halogens is 1. The molecule has 2 aromatic rings. The first-order chi connectivity index (χ1) is 8.27. The monoisotopic (exact) mass is 244 g/mol. The van der Waals surface area contributed by atoms with Crippen LogP contribution in [0.25, 0.3) is 0 Å². The molecule has 2 rings (SSSR count). The van der Waals surface area contributed by atoms with Crippen LogP contribution in [0, 0.1) is 0 Å². The van der Waals surface area contributed by atoms with Crippen molar-refractivity contribution in [2.24, 2.45) is 0 Å². The molecule has 1 nitrogen and oxygen atoms in total. The zero-order valence-electron chi connectivity index (χ0n) is 9.34. The maximum Gasteiger partial charge on any atom is 0.229 e. The molecule has 0 aliphatic rings. The first-order valence-electron chi connectivity index (χ1n) is 5.55. The van der Waals surface area contributed by atoms with E-state index in [1.807, 2.05) is 60.7 Å². The average molecular weight is 245 g/mol. The van der Waals surface area contributed by atoms with Crippen LogP contribution in [-0.4, -0.2) is 5.24 Å². The van der Waals surface area contributed by atoms with Crippen molar-refractivity contribution in [2.45, 2.75) is 12.3 Å². The van der Waals surface area contributed by atoms with Crippen molar-refractivity contribution in [2.75, 3.05) is 0 Å². The Labute approximate surface area is 106 Å². The van der Waals surface area contributed by atoms with Crippen molar-refractivity contribution in [1.29, 1.82) is 0 Å².